The van der Waals surface area contributed by atoms with E-state index in [4.69, 9.17) is 4.99 Å². The molecule has 1 aliphatic heterocycles. The molecule has 1 heterocycles. The molecule has 0 amide bonds. The molecule has 0 bridgehead atoms. The fraction of sp³-hybridized carbons (Fsp3) is 0.0444. The van der Waals surface area contributed by atoms with Crippen LogP contribution in [0.1, 0.15) is 29.0 Å². The van der Waals surface area contributed by atoms with Crippen molar-refractivity contribution in [2.75, 3.05) is 0 Å². The average Bonchev–Trinajstić information content (AvgIpc) is 3.25. The van der Waals surface area contributed by atoms with E-state index in [0.29, 0.717) is 11.4 Å². The summed E-state index contributed by atoms with van der Waals surface area (Å²) in [4.78, 5) is 5.09. The van der Waals surface area contributed by atoms with E-state index in [0.717, 1.165) is 33.0 Å². The van der Waals surface area contributed by atoms with Crippen LogP contribution in [0.3, 0.4) is 0 Å². The fourth-order valence-electron chi connectivity index (χ4n) is 7.65. The van der Waals surface area contributed by atoms with Crippen LogP contribution >= 0.6 is 0 Å². The van der Waals surface area contributed by atoms with Gasteiger partial charge in [-0.05, 0) is 56.8 Å². The van der Waals surface area contributed by atoms with Crippen molar-refractivity contribution in [3.8, 4) is 74.0 Å². The largest absolute Gasteiger partial charge is 0.506 e. The van der Waals surface area contributed by atoms with Gasteiger partial charge in [-0.25, -0.2) is 4.99 Å². The maximum atomic E-state index is 11.8. The number of nitrogens with one attached hydrogen (secondary N) is 2. The van der Waals surface area contributed by atoms with Gasteiger partial charge in [0.15, 0.2) is 23.0 Å². The average molecular weight is 760 g/mol. The monoisotopic (exact) mass is 759 g/mol. The Hall–Kier alpha value is -7.83. The maximum Gasteiger partial charge on any atom is 0.205 e. The molecular formula is C45H33N3O9. The Morgan fingerprint density at radius 1 is 0.386 bits per heavy atom. The summed E-state index contributed by atoms with van der Waals surface area (Å²) in [5.74, 6) is -9.06. The van der Waals surface area contributed by atoms with Crippen LogP contribution in [-0.4, -0.2) is 51.8 Å². The number of aliphatic imine (C=N–C) groups is 1. The molecule has 0 saturated heterocycles. The predicted octanol–water partition coefficient (Wildman–Crippen LogP) is 8.17. The zero-order valence-electron chi connectivity index (χ0n) is 29.7. The minimum absolute atomic E-state index is 0.176. The van der Waals surface area contributed by atoms with Crippen molar-refractivity contribution >= 4 is 38.2 Å². The lowest BCUT2D eigenvalue weighted by Crippen LogP contribution is -2.44. The molecule has 57 heavy (non-hydrogen) atoms. The van der Waals surface area contributed by atoms with E-state index in [-0.39, 0.29) is 11.1 Å². The molecule has 2 atom stereocenters. The van der Waals surface area contributed by atoms with E-state index in [1.165, 1.54) is 0 Å². The van der Waals surface area contributed by atoms with Gasteiger partial charge in [-0.15, -0.1) is 0 Å². The number of aromatic hydroxyl groups is 9. The number of hydrogen-bond donors (Lipinski definition) is 11. The first-order valence-electron chi connectivity index (χ1n) is 17.8. The summed E-state index contributed by atoms with van der Waals surface area (Å²) in [5, 5.41) is 105. The van der Waals surface area contributed by atoms with Gasteiger partial charge in [0.05, 0.1) is 5.39 Å². The van der Waals surface area contributed by atoms with E-state index in [9.17, 15) is 46.0 Å². The van der Waals surface area contributed by atoms with Crippen LogP contribution in [0.15, 0.2) is 126 Å². The van der Waals surface area contributed by atoms with Gasteiger partial charge in [-0.1, -0.05) is 103 Å². The summed E-state index contributed by atoms with van der Waals surface area (Å²) in [6, 6.07) is 38.8. The van der Waals surface area contributed by atoms with E-state index < -0.39 is 85.6 Å². The number of rotatable bonds is 5. The van der Waals surface area contributed by atoms with E-state index >= 15 is 0 Å². The number of hydrogen-bond acceptors (Lipinski definition) is 12. The van der Waals surface area contributed by atoms with Gasteiger partial charge in [0.1, 0.15) is 23.9 Å². The Kier molecular flexibility index (Phi) is 8.07. The minimum atomic E-state index is -1.19. The first-order valence-corrected chi connectivity index (χ1v) is 17.8. The third-order valence-electron chi connectivity index (χ3n) is 10.5. The second kappa shape index (κ2) is 13.2. The van der Waals surface area contributed by atoms with Crippen LogP contribution in [0.25, 0.3) is 54.6 Å². The van der Waals surface area contributed by atoms with Gasteiger partial charge in [0.2, 0.25) is 23.0 Å². The summed E-state index contributed by atoms with van der Waals surface area (Å²) in [6.07, 6.45) is -1.15. The van der Waals surface area contributed by atoms with Crippen LogP contribution < -0.4 is 10.6 Å². The van der Waals surface area contributed by atoms with Crippen molar-refractivity contribution in [1.29, 1.82) is 0 Å². The summed E-state index contributed by atoms with van der Waals surface area (Å²) >= 11 is 0. The minimum Gasteiger partial charge on any atom is -0.506 e. The highest BCUT2D eigenvalue weighted by molar-refractivity contribution is 6.26. The van der Waals surface area contributed by atoms with Gasteiger partial charge in [-0.2, -0.15) is 0 Å². The third kappa shape index (κ3) is 5.54. The zero-order chi connectivity index (χ0) is 39.7. The Morgan fingerprint density at radius 2 is 0.930 bits per heavy atom. The van der Waals surface area contributed by atoms with Crippen LogP contribution in [0, 0.1) is 0 Å². The van der Waals surface area contributed by atoms with Crippen molar-refractivity contribution in [2.24, 2.45) is 4.99 Å². The molecule has 0 radical (unpaired) electrons. The lowest BCUT2D eigenvalue weighted by Gasteiger charge is -2.32. The summed E-state index contributed by atoms with van der Waals surface area (Å²) in [6.45, 7) is 0. The van der Waals surface area contributed by atoms with Gasteiger partial charge >= 0.3 is 0 Å². The molecule has 8 aromatic rings. The molecule has 0 aliphatic carbocycles. The number of phenols is 9. The molecule has 1 aliphatic rings. The summed E-state index contributed by atoms with van der Waals surface area (Å²) in [7, 11) is 0. The number of benzene rings is 8. The topological polar surface area (TPSA) is 218 Å². The molecule has 282 valence electrons. The molecule has 9 rings (SSSR count). The van der Waals surface area contributed by atoms with Crippen molar-refractivity contribution in [1.82, 2.24) is 10.6 Å². The van der Waals surface area contributed by atoms with Crippen molar-refractivity contribution in [2.45, 2.75) is 12.3 Å². The van der Waals surface area contributed by atoms with E-state index in [1.54, 1.807) is 24.3 Å². The Labute approximate surface area is 323 Å². The van der Waals surface area contributed by atoms with Crippen LogP contribution in [0.2, 0.25) is 0 Å². The van der Waals surface area contributed by atoms with E-state index in [1.807, 2.05) is 60.7 Å². The lowest BCUT2D eigenvalue weighted by atomic mass is 9.88. The second-order valence-corrected chi connectivity index (χ2v) is 13.8. The molecule has 0 spiro atoms. The van der Waals surface area contributed by atoms with Crippen LogP contribution in [0.4, 0.5) is 0 Å². The fourth-order valence-corrected chi connectivity index (χ4v) is 7.65. The first kappa shape index (κ1) is 34.9. The molecule has 0 fully saturated rings. The smallest absolute Gasteiger partial charge is 0.205 e. The number of amidine groups is 1. The Balaban J connectivity index is 1.22. The number of phenolic OH excluding ortho intramolecular Hbond substituents is 9. The van der Waals surface area contributed by atoms with Crippen LogP contribution in [0.5, 0.6) is 51.7 Å². The second-order valence-electron chi connectivity index (χ2n) is 13.8. The van der Waals surface area contributed by atoms with Gasteiger partial charge in [0.25, 0.3) is 0 Å². The Bertz CT molecular complexity index is 2990. The maximum absolute atomic E-state index is 11.8. The quantitative estimate of drug-likeness (QED) is 0.0457. The summed E-state index contributed by atoms with van der Waals surface area (Å²) < 4.78 is 0. The first-order chi connectivity index (χ1) is 27.5. The molecule has 0 saturated carbocycles. The van der Waals surface area contributed by atoms with Gasteiger partial charge < -0.3 is 51.3 Å². The zero-order valence-corrected chi connectivity index (χ0v) is 29.7. The molecule has 11 N–H and O–H groups in total. The SMILES string of the molecule is Oc1c(O)c(O)c2c(c1O)c(O)c(-c1cccc(C3N=C(c4cccc(-c5ccc6ccccc6c5)c4)NC(c4ccccc4)N3)c1)c1c(O)c(O)c(O)c(O)c12. The highest BCUT2D eigenvalue weighted by Crippen LogP contribution is 2.61. The van der Waals surface area contributed by atoms with Crippen LogP contribution in [-0.2, 0) is 0 Å². The normalized spacial score (nSPS) is 15.5. The van der Waals surface area contributed by atoms with E-state index in [2.05, 4.69) is 47.0 Å². The molecule has 12 heteroatoms. The predicted molar refractivity (Wildman–Crippen MR) is 216 cm³/mol. The highest BCUT2D eigenvalue weighted by atomic mass is 16.4. The molecule has 8 aromatic carbocycles. The van der Waals surface area contributed by atoms with Gasteiger partial charge in [-0.3, -0.25) is 5.32 Å². The van der Waals surface area contributed by atoms with Crippen molar-refractivity contribution < 1.29 is 46.0 Å². The highest BCUT2D eigenvalue weighted by Gasteiger charge is 2.32. The molecule has 0 aromatic heterocycles. The van der Waals surface area contributed by atoms with Gasteiger partial charge in [0, 0.05) is 27.3 Å². The third-order valence-corrected chi connectivity index (χ3v) is 10.5. The Morgan fingerprint density at radius 3 is 1.65 bits per heavy atom. The number of nitrogens with zero attached hydrogens (tertiary/aromatic N) is 1. The van der Waals surface area contributed by atoms with Crippen molar-refractivity contribution in [3.63, 3.8) is 0 Å². The molecular weight excluding hydrogens is 727 g/mol. The lowest BCUT2D eigenvalue weighted by molar-refractivity contribution is 0.348. The number of fused-ring (bicyclic) bond motifs is 4. The standard InChI is InChI=1S/C45H33N3O9/c49-34-29(30-31(36(51)40(55)39(54)35(30)50)32-33(34)38(53)42(57)41(56)37(32)52)26-13-7-15-28(20-26)45-47-43(22-9-2-1-3-10-22)46-44(48-45)27-14-6-12-24(19-27)25-17-16-21-8-4-5-11-23(21)18-25/h1-20,43,45,47,49-57H,(H,46,48). The molecule has 12 nitrogen and oxygen atoms in total. The van der Waals surface area contributed by atoms with Crippen molar-refractivity contribution in [3.05, 3.63) is 138 Å². The summed E-state index contributed by atoms with van der Waals surface area (Å²) in [5.41, 5.74) is 4.24. The molecule has 2 unspecified atom stereocenters.